The van der Waals surface area contributed by atoms with Gasteiger partial charge in [-0.3, -0.25) is 4.79 Å². The Morgan fingerprint density at radius 2 is 1.62 bits per heavy atom. The summed E-state index contributed by atoms with van der Waals surface area (Å²) >= 11 is 2.00. The topological polar surface area (TPSA) is 17.1 Å². The van der Waals surface area contributed by atoms with Crippen molar-refractivity contribution in [1.29, 1.82) is 0 Å². The van der Waals surface area contributed by atoms with E-state index in [1.807, 2.05) is 65.9 Å². The van der Waals surface area contributed by atoms with E-state index >= 15 is 0 Å². The SMILES string of the molecule is Cc1ccc(C(=O)c2ccc(F)cc2I)c2ccccc12. The zero-order chi connectivity index (χ0) is 15.0. The van der Waals surface area contributed by atoms with Crippen molar-refractivity contribution in [3.05, 3.63) is 80.7 Å². The van der Waals surface area contributed by atoms with E-state index in [0.29, 0.717) is 14.7 Å². The van der Waals surface area contributed by atoms with E-state index in [1.54, 1.807) is 6.07 Å². The monoisotopic (exact) mass is 390 g/mol. The van der Waals surface area contributed by atoms with Crippen LogP contribution in [0.5, 0.6) is 0 Å². The second kappa shape index (κ2) is 5.56. The number of carbonyl (C=O) groups is 1. The molecule has 0 radical (unpaired) electrons. The van der Waals surface area contributed by atoms with Crippen molar-refractivity contribution in [3.8, 4) is 0 Å². The summed E-state index contributed by atoms with van der Waals surface area (Å²) in [6, 6.07) is 15.9. The largest absolute Gasteiger partial charge is 0.289 e. The predicted octanol–water partition coefficient (Wildman–Crippen LogP) is 5.12. The fraction of sp³-hybridized carbons (Fsp3) is 0.0556. The second-order valence-electron chi connectivity index (χ2n) is 4.93. The maximum atomic E-state index is 13.2. The zero-order valence-electron chi connectivity index (χ0n) is 11.4. The Morgan fingerprint density at radius 1 is 0.952 bits per heavy atom. The molecule has 0 amide bonds. The van der Waals surface area contributed by atoms with Gasteiger partial charge in [-0.2, -0.15) is 0 Å². The fourth-order valence-corrected chi connectivity index (χ4v) is 3.19. The van der Waals surface area contributed by atoms with Gasteiger partial charge in [0, 0.05) is 14.7 Å². The van der Waals surface area contributed by atoms with Crippen LogP contribution in [0.25, 0.3) is 10.8 Å². The summed E-state index contributed by atoms with van der Waals surface area (Å²) in [6.45, 7) is 2.03. The molecular formula is C18H12FIO. The number of carbonyl (C=O) groups excluding carboxylic acids is 1. The van der Waals surface area contributed by atoms with Crippen LogP contribution in [-0.2, 0) is 0 Å². The Labute approximate surface area is 135 Å². The van der Waals surface area contributed by atoms with E-state index in [-0.39, 0.29) is 11.6 Å². The second-order valence-corrected chi connectivity index (χ2v) is 6.09. The normalized spacial score (nSPS) is 10.8. The third-order valence-electron chi connectivity index (χ3n) is 3.56. The smallest absolute Gasteiger partial charge is 0.194 e. The third kappa shape index (κ3) is 2.58. The van der Waals surface area contributed by atoms with Crippen LogP contribution in [0.1, 0.15) is 21.5 Å². The van der Waals surface area contributed by atoms with Crippen molar-refractivity contribution < 1.29 is 9.18 Å². The van der Waals surface area contributed by atoms with E-state index in [4.69, 9.17) is 0 Å². The maximum Gasteiger partial charge on any atom is 0.194 e. The average molecular weight is 390 g/mol. The molecule has 0 aliphatic carbocycles. The van der Waals surface area contributed by atoms with E-state index in [1.165, 1.54) is 12.1 Å². The van der Waals surface area contributed by atoms with Gasteiger partial charge in [0.2, 0.25) is 0 Å². The number of halogens is 2. The predicted molar refractivity (Wildman–Crippen MR) is 91.2 cm³/mol. The minimum atomic E-state index is -0.329. The summed E-state index contributed by atoms with van der Waals surface area (Å²) in [5.41, 5.74) is 2.32. The quantitative estimate of drug-likeness (QED) is 0.439. The molecule has 0 aromatic heterocycles. The van der Waals surface area contributed by atoms with Crippen molar-refractivity contribution in [3.63, 3.8) is 0 Å². The molecule has 1 nitrogen and oxygen atoms in total. The number of rotatable bonds is 2. The van der Waals surface area contributed by atoms with Gasteiger partial charge in [-0.05, 0) is 64.0 Å². The number of benzene rings is 3. The van der Waals surface area contributed by atoms with Crippen LogP contribution in [0.4, 0.5) is 4.39 Å². The summed E-state index contributed by atoms with van der Waals surface area (Å²) in [6.07, 6.45) is 0. The molecule has 3 heteroatoms. The Balaban J connectivity index is 2.21. The molecule has 0 saturated carbocycles. The van der Waals surface area contributed by atoms with Crippen LogP contribution in [-0.4, -0.2) is 5.78 Å². The van der Waals surface area contributed by atoms with Crippen molar-refractivity contribution in [2.75, 3.05) is 0 Å². The van der Waals surface area contributed by atoms with Gasteiger partial charge in [-0.25, -0.2) is 4.39 Å². The lowest BCUT2D eigenvalue weighted by Gasteiger charge is -2.09. The van der Waals surface area contributed by atoms with Crippen LogP contribution in [0.3, 0.4) is 0 Å². The van der Waals surface area contributed by atoms with Crippen LogP contribution < -0.4 is 0 Å². The highest BCUT2D eigenvalue weighted by Gasteiger charge is 2.16. The number of aryl methyl sites for hydroxylation is 1. The van der Waals surface area contributed by atoms with Gasteiger partial charge in [0.1, 0.15) is 5.82 Å². The maximum absolute atomic E-state index is 13.2. The van der Waals surface area contributed by atoms with Crippen molar-refractivity contribution in [2.45, 2.75) is 6.92 Å². The Bertz CT molecular complexity index is 855. The highest BCUT2D eigenvalue weighted by Crippen LogP contribution is 2.26. The fourth-order valence-electron chi connectivity index (χ4n) is 2.47. The Morgan fingerprint density at radius 3 is 2.33 bits per heavy atom. The molecule has 0 unspecified atom stereocenters. The lowest BCUT2D eigenvalue weighted by atomic mass is 9.95. The van der Waals surface area contributed by atoms with Crippen LogP contribution in [0.2, 0.25) is 0 Å². The molecule has 0 aliphatic heterocycles. The molecule has 21 heavy (non-hydrogen) atoms. The lowest BCUT2D eigenvalue weighted by molar-refractivity contribution is 0.103. The van der Waals surface area contributed by atoms with Gasteiger partial charge >= 0.3 is 0 Å². The summed E-state index contributed by atoms with van der Waals surface area (Å²) in [5, 5.41) is 2.00. The standard InChI is InChI=1S/C18H12FIO/c1-11-6-8-15(14-5-3-2-4-13(11)14)18(21)16-9-7-12(19)10-17(16)20/h2-10H,1H3. The zero-order valence-corrected chi connectivity index (χ0v) is 13.5. The number of ketones is 1. The molecule has 0 spiro atoms. The first-order valence-electron chi connectivity index (χ1n) is 6.56. The van der Waals surface area contributed by atoms with Gasteiger partial charge < -0.3 is 0 Å². The molecular weight excluding hydrogens is 378 g/mol. The molecule has 0 fully saturated rings. The van der Waals surface area contributed by atoms with Crippen LogP contribution in [0, 0.1) is 16.3 Å². The molecule has 0 heterocycles. The van der Waals surface area contributed by atoms with Gasteiger partial charge in [-0.15, -0.1) is 0 Å². The van der Waals surface area contributed by atoms with E-state index in [2.05, 4.69) is 0 Å². The Kier molecular flexibility index (Phi) is 3.76. The average Bonchev–Trinajstić information content (AvgIpc) is 2.47. The van der Waals surface area contributed by atoms with Gasteiger partial charge in [-0.1, -0.05) is 36.4 Å². The van der Waals surface area contributed by atoms with E-state index < -0.39 is 0 Å². The van der Waals surface area contributed by atoms with Gasteiger partial charge in [0.25, 0.3) is 0 Å². The molecule has 0 atom stereocenters. The summed E-state index contributed by atoms with van der Waals surface area (Å²) in [4.78, 5) is 12.8. The van der Waals surface area contributed by atoms with Crippen LogP contribution >= 0.6 is 22.6 Å². The first-order valence-corrected chi connectivity index (χ1v) is 7.64. The van der Waals surface area contributed by atoms with E-state index in [0.717, 1.165) is 16.3 Å². The molecule has 3 aromatic rings. The minimum Gasteiger partial charge on any atom is -0.289 e. The van der Waals surface area contributed by atoms with E-state index in [9.17, 15) is 9.18 Å². The molecule has 0 saturated heterocycles. The first kappa shape index (κ1) is 14.2. The van der Waals surface area contributed by atoms with Crippen molar-refractivity contribution in [1.82, 2.24) is 0 Å². The summed E-state index contributed by atoms with van der Waals surface area (Å²) in [7, 11) is 0. The summed E-state index contributed by atoms with van der Waals surface area (Å²) < 4.78 is 13.8. The van der Waals surface area contributed by atoms with Crippen molar-refractivity contribution in [2.24, 2.45) is 0 Å². The molecule has 3 rings (SSSR count). The number of hydrogen-bond acceptors (Lipinski definition) is 1. The molecule has 0 aliphatic rings. The number of fused-ring (bicyclic) bond motifs is 1. The first-order chi connectivity index (χ1) is 10.1. The molecule has 0 bridgehead atoms. The van der Waals surface area contributed by atoms with Gasteiger partial charge in [0.15, 0.2) is 5.78 Å². The van der Waals surface area contributed by atoms with Gasteiger partial charge in [0.05, 0.1) is 0 Å². The number of hydrogen-bond donors (Lipinski definition) is 0. The molecule has 104 valence electrons. The van der Waals surface area contributed by atoms with Crippen molar-refractivity contribution >= 4 is 39.1 Å². The molecule has 3 aromatic carbocycles. The highest BCUT2D eigenvalue weighted by atomic mass is 127. The highest BCUT2D eigenvalue weighted by molar-refractivity contribution is 14.1. The summed E-state index contributed by atoms with van der Waals surface area (Å²) in [5.74, 6) is -0.402. The molecule has 0 N–H and O–H groups in total. The van der Waals surface area contributed by atoms with Crippen LogP contribution in [0.15, 0.2) is 54.6 Å². The lowest BCUT2D eigenvalue weighted by Crippen LogP contribution is -2.05. The Hall–Kier alpha value is -1.75. The minimum absolute atomic E-state index is 0.0735. The third-order valence-corrected chi connectivity index (χ3v) is 4.45.